The van der Waals surface area contributed by atoms with Gasteiger partial charge < -0.3 is 45.1 Å². The summed E-state index contributed by atoms with van der Waals surface area (Å²) in [5.74, 6) is -1.19. The Balaban J connectivity index is 2.73. The summed E-state index contributed by atoms with van der Waals surface area (Å²) in [5, 5.41) is 56.9. The summed E-state index contributed by atoms with van der Waals surface area (Å²) in [6.45, 7) is 5.76. The van der Waals surface area contributed by atoms with Crippen LogP contribution in [0.1, 0.15) is 271 Å². The normalized spacial score (nSPS) is 19.8. The molecule has 0 bridgehead atoms. The SMILES string of the molecule is CCCCC/C=C\C/C=C\CCCCCCCCC(O)C(=O)NC(COC1OC(CO)C(O)C(O)C1OC(=O)CCCCCCCCCCCCCCC)C(O)/C=C/CCCCCCCCCCCCC. The van der Waals surface area contributed by atoms with Crippen LogP contribution in [-0.4, -0.2) is 99.6 Å². The van der Waals surface area contributed by atoms with Crippen molar-refractivity contribution in [1.29, 1.82) is 0 Å². The molecule has 0 aromatic heterocycles. The lowest BCUT2D eigenvalue weighted by Gasteiger charge is -2.41. The zero-order chi connectivity index (χ0) is 51.8. The molecule has 0 aromatic carbocycles. The van der Waals surface area contributed by atoms with E-state index < -0.39 is 67.4 Å². The van der Waals surface area contributed by atoms with E-state index in [1.165, 1.54) is 141 Å². The van der Waals surface area contributed by atoms with Gasteiger partial charge in [0.05, 0.1) is 25.4 Å². The van der Waals surface area contributed by atoms with Crippen LogP contribution in [0.15, 0.2) is 36.5 Å². The second-order valence-electron chi connectivity index (χ2n) is 20.7. The van der Waals surface area contributed by atoms with Gasteiger partial charge in [-0.25, -0.2) is 0 Å². The van der Waals surface area contributed by atoms with E-state index in [0.717, 1.165) is 83.5 Å². The number of esters is 1. The number of carbonyl (C=O) groups excluding carboxylic acids is 2. The molecule has 0 spiro atoms. The molecule has 1 aliphatic heterocycles. The van der Waals surface area contributed by atoms with Crippen LogP contribution in [0.25, 0.3) is 0 Å². The molecule has 8 atom stereocenters. The minimum absolute atomic E-state index is 0.127. The van der Waals surface area contributed by atoms with Gasteiger partial charge in [-0.3, -0.25) is 9.59 Å². The molecule has 1 aliphatic rings. The molecule has 1 saturated heterocycles. The third-order valence-electron chi connectivity index (χ3n) is 14.0. The van der Waals surface area contributed by atoms with Gasteiger partial charge in [-0.2, -0.15) is 0 Å². The van der Waals surface area contributed by atoms with Gasteiger partial charge in [0.15, 0.2) is 12.4 Å². The highest BCUT2D eigenvalue weighted by atomic mass is 16.7. The Hall–Kier alpha value is -2.12. The second kappa shape index (κ2) is 48.8. The number of allylic oxidation sites excluding steroid dienone is 5. The maximum absolute atomic E-state index is 13.4. The molecule has 8 unspecified atom stereocenters. The van der Waals surface area contributed by atoms with Crippen LogP contribution in [0.2, 0.25) is 0 Å². The number of aliphatic hydroxyl groups is 5. The standard InChI is InChI=1S/C60H111NO10/c1-4-7-10-13-16-19-22-25-26-27-30-32-35-38-41-44-47-53(64)59(68)61-51(52(63)46-43-40-37-34-31-28-23-20-17-14-11-8-5-2)50-69-60-58(57(67)56(66)54(49-62)70-60)71-55(65)48-45-42-39-36-33-29-24-21-18-15-12-9-6-3/h16,19,25-26,43,46,51-54,56-58,60,62-64,66-67H,4-15,17-18,20-24,27-42,44-45,47-50H2,1-3H3,(H,61,68)/b19-16-,26-25-,46-43+. The first kappa shape index (κ1) is 66.9. The summed E-state index contributed by atoms with van der Waals surface area (Å²) in [4.78, 5) is 26.5. The fourth-order valence-corrected chi connectivity index (χ4v) is 9.27. The Morgan fingerprint density at radius 1 is 0.549 bits per heavy atom. The number of nitrogens with one attached hydrogen (secondary N) is 1. The van der Waals surface area contributed by atoms with Crippen LogP contribution >= 0.6 is 0 Å². The molecule has 0 aromatic rings. The zero-order valence-corrected chi connectivity index (χ0v) is 45.9. The van der Waals surface area contributed by atoms with E-state index >= 15 is 0 Å². The van der Waals surface area contributed by atoms with Gasteiger partial charge in [0.1, 0.15) is 24.4 Å². The molecular weight excluding hydrogens is 895 g/mol. The number of ether oxygens (including phenoxy) is 3. The fraction of sp³-hybridized carbons (Fsp3) is 0.867. The van der Waals surface area contributed by atoms with Crippen molar-refractivity contribution in [3.05, 3.63) is 36.5 Å². The topological polar surface area (TPSA) is 175 Å². The van der Waals surface area contributed by atoms with Crippen molar-refractivity contribution in [2.75, 3.05) is 13.2 Å². The summed E-state index contributed by atoms with van der Waals surface area (Å²) in [5.41, 5.74) is 0. The van der Waals surface area contributed by atoms with Crippen LogP contribution in [0.3, 0.4) is 0 Å². The quantitative estimate of drug-likeness (QED) is 0.0195. The highest BCUT2D eigenvalue weighted by Crippen LogP contribution is 2.26. The highest BCUT2D eigenvalue weighted by molar-refractivity contribution is 5.80. The molecule has 0 saturated carbocycles. The van der Waals surface area contributed by atoms with Crippen LogP contribution in [-0.2, 0) is 23.8 Å². The maximum atomic E-state index is 13.4. The van der Waals surface area contributed by atoms with E-state index in [-0.39, 0.29) is 19.4 Å². The number of unbranched alkanes of at least 4 members (excludes halogenated alkanes) is 32. The summed E-state index contributed by atoms with van der Waals surface area (Å²) >= 11 is 0. The number of hydrogen-bond acceptors (Lipinski definition) is 10. The lowest BCUT2D eigenvalue weighted by Crippen LogP contribution is -2.61. The van der Waals surface area contributed by atoms with E-state index in [1.807, 2.05) is 6.08 Å². The summed E-state index contributed by atoms with van der Waals surface area (Å²) in [6, 6.07) is -1.02. The van der Waals surface area contributed by atoms with Crippen molar-refractivity contribution >= 4 is 11.9 Å². The Kier molecular flexibility index (Phi) is 46.0. The number of hydrogen-bond donors (Lipinski definition) is 6. The van der Waals surface area contributed by atoms with Gasteiger partial charge >= 0.3 is 5.97 Å². The molecule has 0 aliphatic carbocycles. The largest absolute Gasteiger partial charge is 0.454 e. The van der Waals surface area contributed by atoms with E-state index in [2.05, 4.69) is 50.4 Å². The van der Waals surface area contributed by atoms with Gasteiger partial charge in [0, 0.05) is 6.42 Å². The van der Waals surface area contributed by atoms with Crippen LogP contribution in [0, 0.1) is 0 Å². The smallest absolute Gasteiger partial charge is 0.306 e. The molecule has 1 amide bonds. The summed E-state index contributed by atoms with van der Waals surface area (Å²) in [6.07, 6.45) is 46.1. The lowest BCUT2D eigenvalue weighted by atomic mass is 9.99. The van der Waals surface area contributed by atoms with Crippen molar-refractivity contribution in [3.8, 4) is 0 Å². The average molecular weight is 1010 g/mol. The van der Waals surface area contributed by atoms with Gasteiger partial charge in [-0.05, 0) is 57.8 Å². The minimum Gasteiger partial charge on any atom is -0.454 e. The summed E-state index contributed by atoms with van der Waals surface area (Å²) < 4.78 is 17.6. The minimum atomic E-state index is -1.61. The number of carbonyl (C=O) groups is 2. The van der Waals surface area contributed by atoms with Crippen LogP contribution in [0.4, 0.5) is 0 Å². The predicted molar refractivity (Wildman–Crippen MR) is 292 cm³/mol. The molecular formula is C60H111NO10. The first-order valence-corrected chi connectivity index (χ1v) is 29.8. The van der Waals surface area contributed by atoms with E-state index in [1.54, 1.807) is 6.08 Å². The van der Waals surface area contributed by atoms with Gasteiger partial charge in [-0.15, -0.1) is 0 Å². The molecule has 1 rings (SSSR count). The average Bonchev–Trinajstić information content (AvgIpc) is 3.37. The Bertz CT molecular complexity index is 1290. The first-order chi connectivity index (χ1) is 34.7. The number of rotatable bonds is 50. The van der Waals surface area contributed by atoms with E-state index in [0.29, 0.717) is 12.8 Å². The fourth-order valence-electron chi connectivity index (χ4n) is 9.27. The van der Waals surface area contributed by atoms with Crippen molar-refractivity contribution in [2.24, 2.45) is 0 Å². The second-order valence-corrected chi connectivity index (χ2v) is 20.7. The lowest BCUT2D eigenvalue weighted by molar-refractivity contribution is -0.305. The molecule has 1 heterocycles. The van der Waals surface area contributed by atoms with Gasteiger partial charge in [0.2, 0.25) is 5.91 Å². The molecule has 11 heteroatoms. The molecule has 416 valence electrons. The molecule has 0 radical (unpaired) electrons. The van der Waals surface area contributed by atoms with Crippen LogP contribution in [0.5, 0.6) is 0 Å². The van der Waals surface area contributed by atoms with Crippen LogP contribution < -0.4 is 5.32 Å². The van der Waals surface area contributed by atoms with E-state index in [9.17, 15) is 35.1 Å². The number of aliphatic hydroxyl groups excluding tert-OH is 5. The maximum Gasteiger partial charge on any atom is 0.306 e. The van der Waals surface area contributed by atoms with Crippen molar-refractivity contribution < 1.29 is 49.3 Å². The van der Waals surface area contributed by atoms with Gasteiger partial charge in [-0.1, -0.05) is 243 Å². The Morgan fingerprint density at radius 2 is 0.972 bits per heavy atom. The molecule has 6 N–H and O–H groups in total. The summed E-state index contributed by atoms with van der Waals surface area (Å²) in [7, 11) is 0. The van der Waals surface area contributed by atoms with E-state index in [4.69, 9.17) is 14.2 Å². The van der Waals surface area contributed by atoms with Crippen molar-refractivity contribution in [1.82, 2.24) is 5.32 Å². The third-order valence-corrected chi connectivity index (χ3v) is 14.0. The monoisotopic (exact) mass is 1010 g/mol. The van der Waals surface area contributed by atoms with Gasteiger partial charge in [0.25, 0.3) is 0 Å². The van der Waals surface area contributed by atoms with Crippen molar-refractivity contribution in [3.63, 3.8) is 0 Å². The molecule has 1 fully saturated rings. The predicted octanol–water partition coefficient (Wildman–Crippen LogP) is 13.5. The Morgan fingerprint density at radius 3 is 1.46 bits per heavy atom. The third kappa shape index (κ3) is 37.3. The Labute approximate surface area is 434 Å². The molecule has 71 heavy (non-hydrogen) atoms. The zero-order valence-electron chi connectivity index (χ0n) is 45.9. The first-order valence-electron chi connectivity index (χ1n) is 29.8. The van der Waals surface area contributed by atoms with Crippen molar-refractivity contribution in [2.45, 2.75) is 320 Å². The number of amides is 1. The highest BCUT2D eigenvalue weighted by Gasteiger charge is 2.47. The molecule has 11 nitrogen and oxygen atoms in total.